The van der Waals surface area contributed by atoms with E-state index in [2.05, 4.69) is 16.3 Å². The highest BCUT2D eigenvalue weighted by molar-refractivity contribution is 6.04. The Hall–Kier alpha value is -3.84. The van der Waals surface area contributed by atoms with Crippen molar-refractivity contribution in [1.82, 2.24) is 0 Å². The average molecular weight is 431 g/mol. The normalized spacial score (nSPS) is 13.5. The first-order valence-electron chi connectivity index (χ1n) is 10.4. The Labute approximate surface area is 186 Å². The first kappa shape index (κ1) is 21.4. The van der Waals surface area contributed by atoms with Gasteiger partial charge >= 0.3 is 0 Å². The summed E-state index contributed by atoms with van der Waals surface area (Å²) >= 11 is 0. The molecule has 0 radical (unpaired) electrons. The van der Waals surface area contributed by atoms with Crippen molar-refractivity contribution in [2.45, 2.75) is 6.92 Å². The topological polar surface area (TPSA) is 93.9 Å². The van der Waals surface area contributed by atoms with E-state index in [4.69, 9.17) is 15.2 Å². The zero-order valence-electron chi connectivity index (χ0n) is 17.8. The van der Waals surface area contributed by atoms with E-state index < -0.39 is 5.91 Å². The molecule has 1 aliphatic heterocycles. The van der Waals surface area contributed by atoms with Gasteiger partial charge in [-0.1, -0.05) is 0 Å². The summed E-state index contributed by atoms with van der Waals surface area (Å²) in [5, 5.41) is 2.98. The summed E-state index contributed by atoms with van der Waals surface area (Å²) in [6.45, 7) is 5.19. The van der Waals surface area contributed by atoms with Crippen molar-refractivity contribution in [2.75, 3.05) is 36.5 Å². The van der Waals surface area contributed by atoms with Crippen molar-refractivity contribution in [3.05, 3.63) is 83.4 Å². The number of carbonyl (C=O) groups is 2. The molecule has 0 aromatic heterocycles. The lowest BCUT2D eigenvalue weighted by Crippen LogP contribution is -2.36. The fourth-order valence-corrected chi connectivity index (χ4v) is 3.50. The van der Waals surface area contributed by atoms with Crippen molar-refractivity contribution in [2.24, 2.45) is 5.73 Å². The Morgan fingerprint density at radius 1 is 0.906 bits per heavy atom. The van der Waals surface area contributed by atoms with Crippen LogP contribution in [0.15, 0.2) is 66.7 Å². The summed E-state index contributed by atoms with van der Waals surface area (Å²) in [5.74, 6) is 0.477. The van der Waals surface area contributed by atoms with Crippen molar-refractivity contribution in [3.8, 4) is 11.5 Å². The van der Waals surface area contributed by atoms with Crippen molar-refractivity contribution < 1.29 is 19.1 Å². The van der Waals surface area contributed by atoms with Crippen LogP contribution in [0.5, 0.6) is 11.5 Å². The van der Waals surface area contributed by atoms with E-state index in [1.165, 1.54) is 0 Å². The van der Waals surface area contributed by atoms with E-state index in [9.17, 15) is 9.59 Å². The minimum Gasteiger partial charge on any atom is -0.457 e. The average Bonchev–Trinajstić information content (AvgIpc) is 2.81. The number of hydrogen-bond donors (Lipinski definition) is 2. The minimum atomic E-state index is -0.488. The Kier molecular flexibility index (Phi) is 6.37. The number of nitrogens with two attached hydrogens (primary N) is 1. The molecule has 7 heteroatoms. The molecule has 0 bridgehead atoms. The maximum absolute atomic E-state index is 12.7. The quantitative estimate of drug-likeness (QED) is 0.616. The summed E-state index contributed by atoms with van der Waals surface area (Å²) in [4.78, 5) is 26.1. The van der Waals surface area contributed by atoms with Gasteiger partial charge in [0.15, 0.2) is 0 Å². The molecule has 164 valence electrons. The molecule has 3 aromatic carbocycles. The van der Waals surface area contributed by atoms with Gasteiger partial charge in [0.25, 0.3) is 5.91 Å². The number of nitrogens with one attached hydrogen (secondary N) is 1. The van der Waals surface area contributed by atoms with E-state index in [0.29, 0.717) is 22.6 Å². The van der Waals surface area contributed by atoms with Crippen molar-refractivity contribution in [3.63, 3.8) is 0 Å². The van der Waals surface area contributed by atoms with Gasteiger partial charge in [-0.05, 0) is 79.2 Å². The van der Waals surface area contributed by atoms with Crippen LogP contribution in [0.1, 0.15) is 26.3 Å². The number of ether oxygens (including phenoxy) is 2. The second-order valence-corrected chi connectivity index (χ2v) is 7.57. The summed E-state index contributed by atoms with van der Waals surface area (Å²) < 4.78 is 11.2. The molecule has 1 heterocycles. The van der Waals surface area contributed by atoms with Crippen LogP contribution in [0.3, 0.4) is 0 Å². The number of anilines is 2. The van der Waals surface area contributed by atoms with Gasteiger partial charge in [0.05, 0.1) is 13.2 Å². The second-order valence-electron chi connectivity index (χ2n) is 7.57. The molecule has 0 unspecified atom stereocenters. The van der Waals surface area contributed by atoms with Gasteiger partial charge in [-0.25, -0.2) is 0 Å². The van der Waals surface area contributed by atoms with Gasteiger partial charge in [-0.3, -0.25) is 9.59 Å². The van der Waals surface area contributed by atoms with Crippen LogP contribution < -0.4 is 20.7 Å². The predicted molar refractivity (Wildman–Crippen MR) is 124 cm³/mol. The minimum absolute atomic E-state index is 0.190. The Balaban J connectivity index is 1.38. The van der Waals surface area contributed by atoms with Crippen LogP contribution >= 0.6 is 0 Å². The lowest BCUT2D eigenvalue weighted by atomic mass is 10.1. The first-order valence-corrected chi connectivity index (χ1v) is 10.4. The molecule has 2 amide bonds. The van der Waals surface area contributed by atoms with E-state index in [-0.39, 0.29) is 5.91 Å². The number of carbonyl (C=O) groups excluding carboxylic acids is 2. The monoisotopic (exact) mass is 431 g/mol. The zero-order chi connectivity index (χ0) is 22.5. The molecule has 0 spiro atoms. The third-order valence-electron chi connectivity index (χ3n) is 5.33. The van der Waals surface area contributed by atoms with Crippen LogP contribution in [-0.2, 0) is 4.74 Å². The van der Waals surface area contributed by atoms with E-state index in [1.54, 1.807) is 48.5 Å². The first-order chi connectivity index (χ1) is 15.5. The Morgan fingerprint density at radius 2 is 1.50 bits per heavy atom. The molecular weight excluding hydrogens is 406 g/mol. The number of hydrogen-bond acceptors (Lipinski definition) is 5. The van der Waals surface area contributed by atoms with Crippen LogP contribution in [0, 0.1) is 6.92 Å². The number of primary amides is 1. The SMILES string of the molecule is Cc1cc(N2CCOCC2)ccc1NC(=O)c1ccc(Oc2ccc(C(N)=O)cc2)cc1. The molecule has 1 saturated heterocycles. The Bertz CT molecular complexity index is 1110. The molecule has 3 N–H and O–H groups in total. The van der Waals surface area contributed by atoms with Crippen LogP contribution in [0.25, 0.3) is 0 Å². The van der Waals surface area contributed by atoms with Crippen molar-refractivity contribution >= 4 is 23.2 Å². The van der Waals surface area contributed by atoms with Gasteiger partial charge in [0, 0.05) is 35.6 Å². The van der Waals surface area contributed by atoms with Crippen LogP contribution in [0.2, 0.25) is 0 Å². The highest BCUT2D eigenvalue weighted by Crippen LogP contribution is 2.25. The van der Waals surface area contributed by atoms with Crippen LogP contribution in [-0.4, -0.2) is 38.1 Å². The third-order valence-corrected chi connectivity index (χ3v) is 5.33. The van der Waals surface area contributed by atoms with Gasteiger partial charge in [0.2, 0.25) is 5.91 Å². The summed E-state index contributed by atoms with van der Waals surface area (Å²) in [7, 11) is 0. The van der Waals surface area contributed by atoms with Gasteiger partial charge < -0.3 is 25.4 Å². The largest absolute Gasteiger partial charge is 0.457 e. The number of morpholine rings is 1. The highest BCUT2D eigenvalue weighted by Gasteiger charge is 2.13. The fraction of sp³-hybridized carbons (Fsp3) is 0.200. The molecule has 0 saturated carbocycles. The smallest absolute Gasteiger partial charge is 0.255 e. The molecule has 3 aromatic rings. The van der Waals surface area contributed by atoms with Gasteiger partial charge in [-0.2, -0.15) is 0 Å². The highest BCUT2D eigenvalue weighted by atomic mass is 16.5. The summed E-state index contributed by atoms with van der Waals surface area (Å²) in [6, 6.07) is 19.5. The fourth-order valence-electron chi connectivity index (χ4n) is 3.50. The molecule has 1 aliphatic rings. The zero-order valence-corrected chi connectivity index (χ0v) is 17.8. The molecule has 4 rings (SSSR count). The lowest BCUT2D eigenvalue weighted by Gasteiger charge is -2.29. The van der Waals surface area contributed by atoms with E-state index in [0.717, 1.165) is 43.2 Å². The molecular formula is C25H25N3O4. The number of aryl methyl sites for hydroxylation is 1. The lowest BCUT2D eigenvalue weighted by molar-refractivity contribution is 0.0997. The van der Waals surface area contributed by atoms with E-state index in [1.807, 2.05) is 19.1 Å². The van der Waals surface area contributed by atoms with Gasteiger partial charge in [0.1, 0.15) is 11.5 Å². The maximum Gasteiger partial charge on any atom is 0.255 e. The number of amides is 2. The third kappa shape index (κ3) is 5.07. The molecule has 32 heavy (non-hydrogen) atoms. The number of benzene rings is 3. The van der Waals surface area contributed by atoms with Crippen molar-refractivity contribution in [1.29, 1.82) is 0 Å². The second kappa shape index (κ2) is 9.53. The predicted octanol–water partition coefficient (Wildman–Crippen LogP) is 3.98. The number of rotatable bonds is 6. The Morgan fingerprint density at radius 3 is 2.06 bits per heavy atom. The number of nitrogens with zero attached hydrogens (tertiary/aromatic N) is 1. The molecule has 0 atom stereocenters. The van der Waals surface area contributed by atoms with Crippen LogP contribution in [0.4, 0.5) is 11.4 Å². The molecule has 1 fully saturated rings. The van der Waals surface area contributed by atoms with E-state index >= 15 is 0 Å². The standard InChI is InChI=1S/C25H25N3O4/c1-17-16-20(28-12-14-31-15-13-28)6-11-23(17)27-25(30)19-4-9-22(10-5-19)32-21-7-2-18(3-8-21)24(26)29/h2-11,16H,12-15H2,1H3,(H2,26,29)(H,27,30). The molecule has 7 nitrogen and oxygen atoms in total. The summed E-state index contributed by atoms with van der Waals surface area (Å²) in [6.07, 6.45) is 0. The van der Waals surface area contributed by atoms with Gasteiger partial charge in [-0.15, -0.1) is 0 Å². The summed E-state index contributed by atoms with van der Waals surface area (Å²) in [5.41, 5.74) is 9.10. The molecule has 0 aliphatic carbocycles. The maximum atomic E-state index is 12.7.